The molecule has 1 fully saturated rings. The molecule has 0 atom stereocenters. The number of fused-ring (bicyclic) bond motifs is 1. The summed E-state index contributed by atoms with van der Waals surface area (Å²) in [5.41, 5.74) is 0.320. The SMILES string of the molecule is O=C(NC1CCN(C(=O)c2ccc(F)cc2F)CC1)c1ccc2c(c1)OCO2. The topological polar surface area (TPSA) is 67.9 Å². The van der Waals surface area contributed by atoms with Gasteiger partial charge in [-0.15, -0.1) is 0 Å². The van der Waals surface area contributed by atoms with Gasteiger partial charge in [-0.3, -0.25) is 9.59 Å². The first-order valence-corrected chi connectivity index (χ1v) is 8.96. The molecule has 146 valence electrons. The van der Waals surface area contributed by atoms with Crippen LogP contribution in [0.1, 0.15) is 33.6 Å². The average molecular weight is 388 g/mol. The number of benzene rings is 2. The van der Waals surface area contributed by atoms with Crippen LogP contribution in [0.5, 0.6) is 11.5 Å². The molecular formula is C20H18F2N2O4. The smallest absolute Gasteiger partial charge is 0.256 e. The number of likely N-dealkylation sites (tertiary alicyclic amines) is 1. The van der Waals surface area contributed by atoms with Crippen molar-refractivity contribution in [2.24, 2.45) is 0 Å². The highest BCUT2D eigenvalue weighted by Gasteiger charge is 2.27. The molecule has 2 aromatic rings. The van der Waals surface area contributed by atoms with Crippen molar-refractivity contribution in [3.05, 3.63) is 59.2 Å². The number of piperidine rings is 1. The number of carbonyl (C=O) groups excluding carboxylic acids is 2. The molecule has 0 spiro atoms. The molecule has 0 radical (unpaired) electrons. The van der Waals surface area contributed by atoms with Crippen molar-refractivity contribution in [2.75, 3.05) is 19.9 Å². The van der Waals surface area contributed by atoms with Gasteiger partial charge < -0.3 is 19.7 Å². The fourth-order valence-electron chi connectivity index (χ4n) is 3.37. The summed E-state index contributed by atoms with van der Waals surface area (Å²) in [6.45, 7) is 0.894. The Balaban J connectivity index is 1.34. The number of hydrogen-bond acceptors (Lipinski definition) is 4. The minimum absolute atomic E-state index is 0.0972. The Kier molecular flexibility index (Phi) is 4.85. The predicted octanol–water partition coefficient (Wildman–Crippen LogP) is 2.73. The van der Waals surface area contributed by atoms with Crippen LogP contribution in [0, 0.1) is 11.6 Å². The highest BCUT2D eigenvalue weighted by molar-refractivity contribution is 5.95. The summed E-state index contributed by atoms with van der Waals surface area (Å²) in [5.74, 6) is -1.15. The van der Waals surface area contributed by atoms with Crippen LogP contribution in [0.4, 0.5) is 8.78 Å². The fraction of sp³-hybridized carbons (Fsp3) is 0.300. The summed E-state index contributed by atoms with van der Waals surface area (Å²) in [5, 5.41) is 2.95. The molecule has 6 nitrogen and oxygen atoms in total. The minimum Gasteiger partial charge on any atom is -0.454 e. The van der Waals surface area contributed by atoms with Gasteiger partial charge in [-0.2, -0.15) is 0 Å². The van der Waals surface area contributed by atoms with Crippen LogP contribution >= 0.6 is 0 Å². The Morgan fingerprint density at radius 3 is 2.50 bits per heavy atom. The molecule has 0 aromatic heterocycles. The lowest BCUT2D eigenvalue weighted by atomic mass is 10.0. The lowest BCUT2D eigenvalue weighted by Crippen LogP contribution is -2.46. The molecule has 1 N–H and O–H groups in total. The Bertz CT molecular complexity index is 926. The maximum atomic E-state index is 13.8. The van der Waals surface area contributed by atoms with E-state index < -0.39 is 17.5 Å². The summed E-state index contributed by atoms with van der Waals surface area (Å²) in [4.78, 5) is 26.4. The van der Waals surface area contributed by atoms with Gasteiger partial charge in [-0.25, -0.2) is 8.78 Å². The standard InChI is InChI=1S/C20H18F2N2O4/c21-13-2-3-15(16(22)10-13)20(26)24-7-5-14(6-8-24)23-19(25)12-1-4-17-18(9-12)28-11-27-17/h1-4,9-10,14H,5-8,11H2,(H,23,25). The summed E-state index contributed by atoms with van der Waals surface area (Å²) in [6, 6.07) is 7.81. The van der Waals surface area contributed by atoms with Crippen LogP contribution in [0.3, 0.4) is 0 Å². The van der Waals surface area contributed by atoms with Crippen molar-refractivity contribution in [1.82, 2.24) is 10.2 Å². The quantitative estimate of drug-likeness (QED) is 0.878. The zero-order chi connectivity index (χ0) is 19.7. The summed E-state index contributed by atoms with van der Waals surface area (Å²) < 4.78 is 37.4. The molecule has 0 bridgehead atoms. The molecule has 0 unspecified atom stereocenters. The largest absolute Gasteiger partial charge is 0.454 e. The van der Waals surface area contributed by atoms with Crippen LogP contribution in [0.25, 0.3) is 0 Å². The van der Waals surface area contributed by atoms with Crippen molar-refractivity contribution in [1.29, 1.82) is 0 Å². The molecule has 2 aliphatic rings. The lowest BCUT2D eigenvalue weighted by molar-refractivity contribution is 0.0693. The van der Waals surface area contributed by atoms with Gasteiger partial charge in [0.2, 0.25) is 6.79 Å². The monoisotopic (exact) mass is 388 g/mol. The normalized spacial score (nSPS) is 16.1. The first kappa shape index (κ1) is 18.2. The van der Waals surface area contributed by atoms with Crippen LogP contribution in [-0.4, -0.2) is 42.6 Å². The van der Waals surface area contributed by atoms with E-state index in [0.717, 1.165) is 12.1 Å². The second kappa shape index (κ2) is 7.46. The van der Waals surface area contributed by atoms with Crippen molar-refractivity contribution in [3.8, 4) is 11.5 Å². The van der Waals surface area contributed by atoms with Crippen LogP contribution in [-0.2, 0) is 0 Å². The van der Waals surface area contributed by atoms with Crippen molar-refractivity contribution in [2.45, 2.75) is 18.9 Å². The zero-order valence-electron chi connectivity index (χ0n) is 14.9. The summed E-state index contributed by atoms with van der Waals surface area (Å²) in [6.07, 6.45) is 1.09. The average Bonchev–Trinajstić information content (AvgIpc) is 3.16. The van der Waals surface area contributed by atoms with Crippen LogP contribution in [0.15, 0.2) is 36.4 Å². The maximum absolute atomic E-state index is 13.8. The van der Waals surface area contributed by atoms with Gasteiger partial charge in [0.05, 0.1) is 5.56 Å². The predicted molar refractivity (Wildman–Crippen MR) is 95.3 cm³/mol. The zero-order valence-corrected chi connectivity index (χ0v) is 14.9. The number of rotatable bonds is 3. The molecule has 0 saturated carbocycles. The van der Waals surface area contributed by atoms with E-state index in [4.69, 9.17) is 9.47 Å². The third-order valence-electron chi connectivity index (χ3n) is 4.91. The first-order valence-electron chi connectivity index (χ1n) is 8.96. The minimum atomic E-state index is -0.872. The Labute approximate surface area is 160 Å². The van der Waals surface area contributed by atoms with E-state index >= 15 is 0 Å². The second-order valence-corrected chi connectivity index (χ2v) is 6.73. The van der Waals surface area contributed by atoms with E-state index in [1.165, 1.54) is 4.90 Å². The Morgan fingerprint density at radius 1 is 1.00 bits per heavy atom. The summed E-state index contributed by atoms with van der Waals surface area (Å²) >= 11 is 0. The van der Waals surface area contributed by atoms with Gasteiger partial charge in [0, 0.05) is 30.8 Å². The van der Waals surface area contributed by atoms with E-state index in [2.05, 4.69) is 5.32 Å². The Morgan fingerprint density at radius 2 is 1.75 bits per heavy atom. The molecular weight excluding hydrogens is 370 g/mol. The van der Waals surface area contributed by atoms with E-state index in [0.29, 0.717) is 49.1 Å². The van der Waals surface area contributed by atoms with Crippen molar-refractivity contribution < 1.29 is 27.8 Å². The third-order valence-corrected chi connectivity index (χ3v) is 4.91. The number of amides is 2. The number of nitrogens with one attached hydrogen (secondary N) is 1. The second-order valence-electron chi connectivity index (χ2n) is 6.73. The van der Waals surface area contributed by atoms with Gasteiger partial charge in [0.1, 0.15) is 11.6 Å². The molecule has 2 aromatic carbocycles. The van der Waals surface area contributed by atoms with Crippen molar-refractivity contribution in [3.63, 3.8) is 0 Å². The molecule has 28 heavy (non-hydrogen) atoms. The molecule has 0 aliphatic carbocycles. The van der Waals surface area contributed by atoms with E-state index in [1.807, 2.05) is 0 Å². The van der Waals surface area contributed by atoms with Gasteiger partial charge in [-0.1, -0.05) is 0 Å². The number of nitrogens with zero attached hydrogens (tertiary/aromatic N) is 1. The molecule has 2 heterocycles. The van der Waals surface area contributed by atoms with Gasteiger partial charge in [-0.05, 0) is 43.2 Å². The number of halogens is 2. The highest BCUT2D eigenvalue weighted by Crippen LogP contribution is 2.32. The molecule has 2 aliphatic heterocycles. The van der Waals surface area contributed by atoms with Gasteiger partial charge >= 0.3 is 0 Å². The first-order chi connectivity index (χ1) is 13.5. The van der Waals surface area contributed by atoms with E-state index in [9.17, 15) is 18.4 Å². The van der Waals surface area contributed by atoms with Crippen LogP contribution < -0.4 is 14.8 Å². The van der Waals surface area contributed by atoms with Crippen LogP contribution in [0.2, 0.25) is 0 Å². The number of hydrogen-bond donors (Lipinski definition) is 1. The Hall–Kier alpha value is -3.16. The lowest BCUT2D eigenvalue weighted by Gasteiger charge is -2.32. The molecule has 8 heteroatoms. The summed E-state index contributed by atoms with van der Waals surface area (Å²) in [7, 11) is 0. The maximum Gasteiger partial charge on any atom is 0.256 e. The van der Waals surface area contributed by atoms with Gasteiger partial charge in [0.15, 0.2) is 11.5 Å². The molecule has 4 rings (SSSR count). The van der Waals surface area contributed by atoms with E-state index in [1.54, 1.807) is 18.2 Å². The molecule has 2 amide bonds. The number of ether oxygens (including phenoxy) is 2. The van der Waals surface area contributed by atoms with E-state index in [-0.39, 0.29) is 24.3 Å². The van der Waals surface area contributed by atoms with Crippen molar-refractivity contribution >= 4 is 11.8 Å². The molecule has 1 saturated heterocycles. The highest BCUT2D eigenvalue weighted by atomic mass is 19.1. The van der Waals surface area contributed by atoms with Gasteiger partial charge in [0.25, 0.3) is 11.8 Å². The third kappa shape index (κ3) is 3.62. The number of carbonyl (C=O) groups is 2. The fourth-order valence-corrected chi connectivity index (χ4v) is 3.37.